The normalized spacial score (nSPS) is 38.5. The molecule has 13 nitrogen and oxygen atoms in total. The zero-order valence-corrected chi connectivity index (χ0v) is 19.4. The molecule has 198 valence electrons. The Morgan fingerprint density at radius 3 is 2.25 bits per heavy atom. The Kier molecular flexibility index (Phi) is 7.64. The minimum absolute atomic E-state index is 0.0921. The number of aliphatic hydroxyl groups excluding tert-OH is 5. The maximum absolute atomic E-state index is 12.7. The number of phenolic OH excluding ortho intramolecular Hbond substituents is 1. The van der Waals surface area contributed by atoms with Crippen LogP contribution >= 0.6 is 0 Å². The van der Waals surface area contributed by atoms with Gasteiger partial charge in [-0.25, -0.2) is 0 Å². The van der Waals surface area contributed by atoms with Gasteiger partial charge in [0.25, 0.3) is 0 Å². The summed E-state index contributed by atoms with van der Waals surface area (Å²) in [6, 6.07) is 2.90. The molecule has 1 aromatic rings. The summed E-state index contributed by atoms with van der Waals surface area (Å²) in [6.45, 7) is 2.52. The van der Waals surface area contributed by atoms with Crippen molar-refractivity contribution in [2.45, 2.75) is 75.0 Å². The van der Waals surface area contributed by atoms with Crippen LogP contribution in [0.2, 0.25) is 0 Å². The molecule has 0 bridgehead atoms. The van der Waals surface area contributed by atoms with E-state index in [2.05, 4.69) is 5.32 Å². The zero-order valence-electron chi connectivity index (χ0n) is 19.4. The number of carbonyl (C=O) groups is 2. The van der Waals surface area contributed by atoms with Gasteiger partial charge < -0.3 is 54.9 Å². The number of ketones is 1. The Morgan fingerprint density at radius 2 is 1.64 bits per heavy atom. The minimum atomic E-state index is -1.51. The van der Waals surface area contributed by atoms with Crippen LogP contribution in [0.1, 0.15) is 19.4 Å². The Balaban J connectivity index is 1.41. The van der Waals surface area contributed by atoms with Gasteiger partial charge in [-0.3, -0.25) is 9.59 Å². The Labute approximate surface area is 205 Å². The number of aliphatic hydroxyl groups is 5. The summed E-state index contributed by atoms with van der Waals surface area (Å²) in [5, 5.41) is 63.9. The van der Waals surface area contributed by atoms with Gasteiger partial charge in [0.1, 0.15) is 55.6 Å². The van der Waals surface area contributed by atoms with Crippen molar-refractivity contribution in [2.24, 2.45) is 0 Å². The van der Waals surface area contributed by atoms with Crippen molar-refractivity contribution in [3.63, 3.8) is 0 Å². The van der Waals surface area contributed by atoms with Gasteiger partial charge in [0.05, 0.1) is 6.04 Å². The number of hydrogen-bond donors (Lipinski definition) is 7. The first-order valence-corrected chi connectivity index (χ1v) is 11.3. The van der Waals surface area contributed by atoms with Crippen LogP contribution in [0, 0.1) is 0 Å². The number of nitrogens with one attached hydrogen (secondary N) is 1. The summed E-state index contributed by atoms with van der Waals surface area (Å²) in [5.41, 5.74) is 0.545. The van der Waals surface area contributed by atoms with E-state index < -0.39 is 72.9 Å². The van der Waals surface area contributed by atoms with Gasteiger partial charge in [0, 0.05) is 5.57 Å². The molecule has 36 heavy (non-hydrogen) atoms. The lowest BCUT2D eigenvalue weighted by molar-refractivity contribution is -0.155. The van der Waals surface area contributed by atoms with Crippen molar-refractivity contribution in [3.8, 4) is 11.5 Å². The fraction of sp³-hybridized carbons (Fsp3) is 0.565. The van der Waals surface area contributed by atoms with Crippen molar-refractivity contribution in [1.29, 1.82) is 0 Å². The Bertz CT molecular complexity index is 1030. The van der Waals surface area contributed by atoms with E-state index in [4.69, 9.17) is 18.9 Å². The Hall–Kier alpha value is -2.62. The van der Waals surface area contributed by atoms with Gasteiger partial charge in [0.2, 0.25) is 12.2 Å². The smallest absolute Gasteiger partial charge is 0.247 e. The van der Waals surface area contributed by atoms with Crippen LogP contribution in [0.5, 0.6) is 11.5 Å². The maximum Gasteiger partial charge on any atom is 0.247 e. The number of amides is 1. The molecule has 10 atom stereocenters. The topological polar surface area (TPSA) is 204 Å². The van der Waals surface area contributed by atoms with Gasteiger partial charge in [-0.15, -0.1) is 0 Å². The third kappa shape index (κ3) is 4.96. The first-order chi connectivity index (χ1) is 17.0. The summed E-state index contributed by atoms with van der Waals surface area (Å²) in [6.07, 6.45) is -10.2. The summed E-state index contributed by atoms with van der Waals surface area (Å²) >= 11 is 0. The number of rotatable bonds is 6. The first kappa shape index (κ1) is 26.4. The average molecular weight is 511 g/mol. The number of carbonyl (C=O) groups excluding carboxylic acids is 2. The van der Waals surface area contributed by atoms with E-state index in [-0.39, 0.29) is 23.9 Å². The summed E-state index contributed by atoms with van der Waals surface area (Å²) in [5.74, 6) is -1.59. The van der Waals surface area contributed by atoms with Crippen molar-refractivity contribution >= 4 is 17.8 Å². The van der Waals surface area contributed by atoms with Crippen LogP contribution in [0.3, 0.4) is 0 Å². The van der Waals surface area contributed by atoms with E-state index in [0.717, 1.165) is 0 Å². The van der Waals surface area contributed by atoms with Crippen molar-refractivity contribution in [2.75, 3.05) is 6.79 Å². The quantitative estimate of drug-likeness (QED) is 0.199. The molecule has 0 unspecified atom stereocenters. The molecule has 0 radical (unpaired) electrons. The molecule has 1 aliphatic carbocycles. The lowest BCUT2D eigenvalue weighted by Gasteiger charge is -2.41. The Morgan fingerprint density at radius 1 is 0.972 bits per heavy atom. The van der Waals surface area contributed by atoms with Gasteiger partial charge in [0.15, 0.2) is 17.3 Å². The minimum Gasteiger partial charge on any atom is -0.504 e. The third-order valence-corrected chi connectivity index (χ3v) is 6.49. The molecule has 2 heterocycles. The third-order valence-electron chi connectivity index (χ3n) is 6.49. The van der Waals surface area contributed by atoms with Crippen LogP contribution in [0.25, 0.3) is 6.08 Å². The second-order valence-electron chi connectivity index (χ2n) is 9.04. The molecule has 2 aliphatic heterocycles. The molecular formula is C23H29NO12. The van der Waals surface area contributed by atoms with E-state index in [1.54, 1.807) is 0 Å². The van der Waals surface area contributed by atoms with Gasteiger partial charge in [-0.2, -0.15) is 0 Å². The van der Waals surface area contributed by atoms with Crippen LogP contribution in [-0.2, 0) is 23.8 Å². The zero-order chi connectivity index (χ0) is 26.3. The molecule has 7 N–H and O–H groups in total. The maximum atomic E-state index is 12.7. The van der Waals surface area contributed by atoms with Gasteiger partial charge in [-0.1, -0.05) is 6.07 Å². The summed E-state index contributed by atoms with van der Waals surface area (Å²) in [7, 11) is 0. The number of ether oxygens (including phenoxy) is 4. The fourth-order valence-electron chi connectivity index (χ4n) is 4.46. The molecule has 0 aromatic heterocycles. The van der Waals surface area contributed by atoms with E-state index in [0.29, 0.717) is 5.56 Å². The number of fused-ring (bicyclic) bond motifs is 1. The fourth-order valence-corrected chi connectivity index (χ4v) is 4.46. The highest BCUT2D eigenvalue weighted by atomic mass is 16.7. The molecular weight excluding hydrogens is 482 g/mol. The monoisotopic (exact) mass is 511 g/mol. The van der Waals surface area contributed by atoms with Crippen LogP contribution in [0.15, 0.2) is 23.8 Å². The number of benzene rings is 1. The second-order valence-corrected chi connectivity index (χ2v) is 9.04. The molecule has 1 amide bonds. The SMILES string of the molecule is CC(=O)[C@H]1O[C@@H](Oc2ccc(/C=C(\C)C(=O)N[C@@H]3[C@H](O)[C@@H](O)[C@H]4OCO[C@H]4[C@@H]3O)cc2O)[C@H](O)[C@@H]1O. The van der Waals surface area contributed by atoms with Gasteiger partial charge in [-0.05, 0) is 37.6 Å². The molecule has 0 spiro atoms. The average Bonchev–Trinajstić information content (AvgIpc) is 3.43. The summed E-state index contributed by atoms with van der Waals surface area (Å²) < 4.78 is 21.1. The highest BCUT2D eigenvalue weighted by molar-refractivity contribution is 5.97. The van der Waals surface area contributed by atoms with Crippen molar-refractivity contribution in [1.82, 2.24) is 5.32 Å². The molecule has 2 saturated heterocycles. The molecule has 13 heteroatoms. The van der Waals surface area contributed by atoms with Crippen LogP contribution in [-0.4, -0.2) is 110 Å². The summed E-state index contributed by atoms with van der Waals surface area (Å²) in [4.78, 5) is 24.2. The largest absolute Gasteiger partial charge is 0.504 e. The molecule has 1 aromatic carbocycles. The molecule has 3 fully saturated rings. The molecule has 1 saturated carbocycles. The van der Waals surface area contributed by atoms with E-state index in [1.165, 1.54) is 38.1 Å². The molecule has 4 rings (SSSR count). The lowest BCUT2D eigenvalue weighted by atomic mass is 9.83. The highest BCUT2D eigenvalue weighted by Gasteiger charge is 2.53. The van der Waals surface area contributed by atoms with Crippen LogP contribution in [0.4, 0.5) is 0 Å². The van der Waals surface area contributed by atoms with E-state index in [9.17, 15) is 40.2 Å². The molecule has 3 aliphatic rings. The van der Waals surface area contributed by atoms with E-state index in [1.807, 2.05) is 0 Å². The predicted octanol–water partition coefficient (Wildman–Crippen LogP) is -2.47. The number of Topliss-reactive ketones (excluding diaryl/α,β-unsaturated/α-hetero) is 1. The number of hydrogen-bond acceptors (Lipinski definition) is 12. The first-order valence-electron chi connectivity index (χ1n) is 11.3. The van der Waals surface area contributed by atoms with Crippen molar-refractivity contribution < 1.29 is 59.2 Å². The highest BCUT2D eigenvalue weighted by Crippen LogP contribution is 2.33. The van der Waals surface area contributed by atoms with Crippen LogP contribution < -0.4 is 10.1 Å². The predicted molar refractivity (Wildman–Crippen MR) is 118 cm³/mol. The lowest BCUT2D eigenvalue weighted by Crippen LogP contribution is -2.67. The number of aromatic hydroxyl groups is 1. The van der Waals surface area contributed by atoms with Gasteiger partial charge >= 0.3 is 0 Å². The second kappa shape index (κ2) is 10.4. The standard InChI is InChI=1S/C23H29NO12/c1-8(22(32)24-13-14(27)16(29)21-20(15(13)28)33-7-34-21)5-10-3-4-12(11(26)6-10)35-23-18(31)17(30)19(36-23)9(2)25/h3-6,13-21,23,26-31H,7H2,1-2H3,(H,24,32)/b8-5+/t13-,14+,15-,16-,17+,18-,19-,20+,21-,23-/m1/s1. The van der Waals surface area contributed by atoms with E-state index >= 15 is 0 Å². The number of phenols is 1. The van der Waals surface area contributed by atoms with Crippen molar-refractivity contribution in [3.05, 3.63) is 29.3 Å².